The van der Waals surface area contributed by atoms with E-state index in [0.717, 1.165) is 6.42 Å². The van der Waals surface area contributed by atoms with E-state index in [2.05, 4.69) is 17.0 Å². The van der Waals surface area contributed by atoms with E-state index in [1.54, 1.807) is 36.4 Å². The Morgan fingerprint density at radius 1 is 0.919 bits per heavy atom. The first-order valence-corrected chi connectivity index (χ1v) is 12.1. The average molecular weight is 499 g/mol. The van der Waals surface area contributed by atoms with Gasteiger partial charge in [0.1, 0.15) is 5.75 Å². The third-order valence-corrected chi connectivity index (χ3v) is 6.81. The van der Waals surface area contributed by atoms with Gasteiger partial charge in [0.05, 0.1) is 30.8 Å². The van der Waals surface area contributed by atoms with Crippen molar-refractivity contribution in [2.24, 2.45) is 0 Å². The van der Waals surface area contributed by atoms with Crippen molar-refractivity contribution in [2.45, 2.75) is 25.4 Å². The predicted molar refractivity (Wildman–Crippen MR) is 136 cm³/mol. The number of carbonyl (C=O) groups is 4. The summed E-state index contributed by atoms with van der Waals surface area (Å²) in [4.78, 5) is 54.1. The van der Waals surface area contributed by atoms with Crippen molar-refractivity contribution in [1.82, 2.24) is 4.90 Å². The van der Waals surface area contributed by atoms with E-state index in [9.17, 15) is 19.2 Å². The molecular weight excluding hydrogens is 472 g/mol. The van der Waals surface area contributed by atoms with Crippen LogP contribution in [0, 0.1) is 0 Å². The Morgan fingerprint density at radius 2 is 1.68 bits per heavy atom. The Hall–Kier alpha value is -4.30. The quantitative estimate of drug-likeness (QED) is 0.280. The van der Waals surface area contributed by atoms with Crippen LogP contribution in [-0.2, 0) is 27.3 Å². The van der Waals surface area contributed by atoms with Crippen molar-refractivity contribution in [1.29, 1.82) is 0 Å². The van der Waals surface area contributed by atoms with Gasteiger partial charge in [0.15, 0.2) is 12.4 Å². The molecule has 0 N–H and O–H groups in total. The molecular formula is C29H26N2O6. The summed E-state index contributed by atoms with van der Waals surface area (Å²) in [5.41, 5.74) is 3.45. The van der Waals surface area contributed by atoms with Crippen LogP contribution in [-0.4, -0.2) is 54.8 Å². The van der Waals surface area contributed by atoms with Crippen LogP contribution in [0.1, 0.15) is 38.3 Å². The Labute approximate surface area is 214 Å². The second kappa shape index (κ2) is 10.4. The Balaban J connectivity index is 1.21. The van der Waals surface area contributed by atoms with Crippen LogP contribution >= 0.6 is 0 Å². The van der Waals surface area contributed by atoms with E-state index in [4.69, 9.17) is 9.47 Å². The minimum absolute atomic E-state index is 0.122. The molecule has 188 valence electrons. The maximum atomic E-state index is 13.2. The molecule has 0 radical (unpaired) electrons. The normalized spacial score (nSPS) is 17.4. The zero-order chi connectivity index (χ0) is 25.9. The molecule has 3 aromatic rings. The summed E-state index contributed by atoms with van der Waals surface area (Å²) in [5.74, 6) is -1.03. The molecule has 3 aromatic carbocycles. The van der Waals surface area contributed by atoms with Crippen LogP contribution in [0.5, 0.6) is 5.75 Å². The minimum Gasteiger partial charge on any atom is -0.497 e. The topological polar surface area (TPSA) is 93.2 Å². The van der Waals surface area contributed by atoms with Crippen LogP contribution < -0.4 is 9.64 Å². The summed E-state index contributed by atoms with van der Waals surface area (Å²) in [5, 5.41) is 0. The van der Waals surface area contributed by atoms with Gasteiger partial charge in [-0.05, 0) is 53.9 Å². The second-order valence-electron chi connectivity index (χ2n) is 9.05. The lowest BCUT2D eigenvalue weighted by molar-refractivity contribution is -0.123. The first-order chi connectivity index (χ1) is 17.9. The number of esters is 1. The number of anilines is 1. The fourth-order valence-electron chi connectivity index (χ4n) is 4.80. The number of hydrogen-bond donors (Lipinski definition) is 0. The molecule has 2 aliphatic rings. The van der Waals surface area contributed by atoms with Gasteiger partial charge in [-0.15, -0.1) is 0 Å². The number of Topliss-reactive ketones (excluding diaryl/α,β-unsaturated/α-hetero) is 1. The van der Waals surface area contributed by atoms with E-state index >= 15 is 0 Å². The highest BCUT2D eigenvalue weighted by atomic mass is 16.5. The molecule has 37 heavy (non-hydrogen) atoms. The highest BCUT2D eigenvalue weighted by Crippen LogP contribution is 2.29. The molecule has 2 amide bonds. The summed E-state index contributed by atoms with van der Waals surface area (Å²) in [6, 6.07) is 20.3. The average Bonchev–Trinajstić information content (AvgIpc) is 3.24. The number of carbonyl (C=O) groups excluding carboxylic acids is 4. The van der Waals surface area contributed by atoms with E-state index in [1.807, 2.05) is 12.1 Å². The fraction of sp³-hybridized carbons (Fsp3) is 0.241. The molecule has 1 saturated heterocycles. The SMILES string of the molecule is COc1cccc(C(=O)COC(=O)c2ccc(N3C(=O)CC(N4CCc5ccccc5C4)C3=O)cc2)c1. The number of benzene rings is 3. The molecule has 1 unspecified atom stereocenters. The predicted octanol–water partition coefficient (Wildman–Crippen LogP) is 3.43. The molecule has 0 bridgehead atoms. The third kappa shape index (κ3) is 5.01. The van der Waals surface area contributed by atoms with E-state index in [1.165, 1.54) is 35.3 Å². The third-order valence-electron chi connectivity index (χ3n) is 6.81. The molecule has 8 heteroatoms. The van der Waals surface area contributed by atoms with E-state index in [-0.39, 0.29) is 29.6 Å². The molecule has 0 saturated carbocycles. The van der Waals surface area contributed by atoms with E-state index < -0.39 is 18.6 Å². The number of rotatable bonds is 7. The number of fused-ring (bicyclic) bond motifs is 1. The Bertz CT molecular complexity index is 1370. The van der Waals surface area contributed by atoms with Crippen LogP contribution in [0.3, 0.4) is 0 Å². The van der Waals surface area contributed by atoms with Crippen LogP contribution in [0.4, 0.5) is 5.69 Å². The summed E-state index contributed by atoms with van der Waals surface area (Å²) in [6.07, 6.45) is 0.961. The van der Waals surface area contributed by atoms with Crippen molar-refractivity contribution in [3.8, 4) is 5.75 Å². The molecule has 2 aliphatic heterocycles. The summed E-state index contributed by atoms with van der Waals surface area (Å²) >= 11 is 0. The van der Waals surface area contributed by atoms with Gasteiger partial charge in [-0.1, -0.05) is 36.4 Å². The smallest absolute Gasteiger partial charge is 0.338 e. The summed E-state index contributed by atoms with van der Waals surface area (Å²) < 4.78 is 10.3. The number of ether oxygens (including phenoxy) is 2. The molecule has 8 nitrogen and oxygen atoms in total. The van der Waals surface area contributed by atoms with Crippen molar-refractivity contribution in [3.05, 3.63) is 95.1 Å². The molecule has 0 spiro atoms. The van der Waals surface area contributed by atoms with Gasteiger partial charge in [0.2, 0.25) is 5.91 Å². The van der Waals surface area contributed by atoms with Gasteiger partial charge in [0, 0.05) is 18.7 Å². The number of ketones is 1. The zero-order valence-electron chi connectivity index (χ0n) is 20.4. The number of imide groups is 1. The lowest BCUT2D eigenvalue weighted by Crippen LogP contribution is -2.44. The van der Waals surface area contributed by atoms with Crippen molar-refractivity contribution >= 4 is 29.3 Å². The molecule has 5 rings (SSSR count). The van der Waals surface area contributed by atoms with Gasteiger partial charge in [0.25, 0.3) is 5.91 Å². The lowest BCUT2D eigenvalue weighted by Gasteiger charge is -2.32. The summed E-state index contributed by atoms with van der Waals surface area (Å²) in [7, 11) is 1.50. The number of amides is 2. The highest BCUT2D eigenvalue weighted by Gasteiger charge is 2.43. The molecule has 2 heterocycles. The second-order valence-corrected chi connectivity index (χ2v) is 9.05. The van der Waals surface area contributed by atoms with Crippen molar-refractivity contribution < 1.29 is 28.7 Å². The zero-order valence-corrected chi connectivity index (χ0v) is 20.4. The van der Waals surface area contributed by atoms with Gasteiger partial charge < -0.3 is 9.47 Å². The minimum atomic E-state index is -0.674. The Morgan fingerprint density at radius 3 is 2.43 bits per heavy atom. The van der Waals surface area contributed by atoms with Gasteiger partial charge in [-0.2, -0.15) is 0 Å². The van der Waals surface area contributed by atoms with Crippen molar-refractivity contribution in [2.75, 3.05) is 25.2 Å². The van der Waals surface area contributed by atoms with Crippen LogP contribution in [0.15, 0.2) is 72.8 Å². The first kappa shape index (κ1) is 24.4. The monoisotopic (exact) mass is 498 g/mol. The molecule has 1 fully saturated rings. The van der Waals surface area contributed by atoms with Gasteiger partial charge in [-0.25, -0.2) is 9.69 Å². The number of methoxy groups -OCH3 is 1. The Kier molecular flexibility index (Phi) is 6.83. The maximum absolute atomic E-state index is 13.2. The van der Waals surface area contributed by atoms with E-state index in [0.29, 0.717) is 30.1 Å². The number of hydrogen-bond acceptors (Lipinski definition) is 7. The van der Waals surface area contributed by atoms with Gasteiger partial charge in [-0.3, -0.25) is 19.3 Å². The van der Waals surface area contributed by atoms with Crippen LogP contribution in [0.25, 0.3) is 0 Å². The molecule has 0 aromatic heterocycles. The van der Waals surface area contributed by atoms with Gasteiger partial charge >= 0.3 is 5.97 Å². The summed E-state index contributed by atoms with van der Waals surface area (Å²) in [6.45, 7) is 0.929. The standard InChI is InChI=1S/C29H26N2O6/c1-36-24-8-4-7-21(15-24)26(32)18-37-29(35)20-9-11-23(12-10-20)31-27(33)16-25(28(31)34)30-14-13-19-5-2-3-6-22(19)17-30/h2-12,15,25H,13-14,16-18H2,1H3. The van der Waals surface area contributed by atoms with Crippen LogP contribution in [0.2, 0.25) is 0 Å². The molecule has 1 atom stereocenters. The molecule has 0 aliphatic carbocycles. The lowest BCUT2D eigenvalue weighted by atomic mass is 9.98. The maximum Gasteiger partial charge on any atom is 0.338 e. The largest absolute Gasteiger partial charge is 0.497 e. The number of nitrogens with zero attached hydrogens (tertiary/aromatic N) is 2. The fourth-order valence-corrected chi connectivity index (χ4v) is 4.80. The highest BCUT2D eigenvalue weighted by molar-refractivity contribution is 6.22. The van der Waals surface area contributed by atoms with Crippen molar-refractivity contribution in [3.63, 3.8) is 0 Å². The first-order valence-electron chi connectivity index (χ1n) is 12.1.